The maximum Gasteiger partial charge on any atom is 0.0702 e. The van der Waals surface area contributed by atoms with Gasteiger partial charge in [-0.1, -0.05) is 19.8 Å². The Morgan fingerprint density at radius 2 is 2.06 bits per heavy atom. The van der Waals surface area contributed by atoms with E-state index >= 15 is 0 Å². The molecule has 1 unspecified atom stereocenters. The van der Waals surface area contributed by atoms with Gasteiger partial charge in [-0.2, -0.15) is 0 Å². The molecule has 2 N–H and O–H groups in total. The fourth-order valence-electron chi connectivity index (χ4n) is 3.26. The molecule has 0 bridgehead atoms. The molecule has 0 aromatic rings. The van der Waals surface area contributed by atoms with Crippen LogP contribution in [0.3, 0.4) is 0 Å². The minimum Gasteiger partial charge on any atom is -0.377 e. The maximum absolute atomic E-state index is 6.45. The van der Waals surface area contributed by atoms with Gasteiger partial charge in [0.1, 0.15) is 0 Å². The molecular formula is C14H28N2O. The highest BCUT2D eigenvalue weighted by molar-refractivity contribution is 4.93. The van der Waals surface area contributed by atoms with Crippen LogP contribution in [0.25, 0.3) is 0 Å². The number of likely N-dealkylation sites (tertiary alicyclic amines) is 1. The van der Waals surface area contributed by atoms with E-state index in [0.717, 1.165) is 26.1 Å². The second-order valence-electron chi connectivity index (χ2n) is 5.94. The molecule has 1 atom stereocenters. The van der Waals surface area contributed by atoms with Gasteiger partial charge >= 0.3 is 0 Å². The summed E-state index contributed by atoms with van der Waals surface area (Å²) in [5.74, 6) is 0. The van der Waals surface area contributed by atoms with E-state index in [0.29, 0.717) is 6.10 Å². The van der Waals surface area contributed by atoms with Crippen LogP contribution in [0, 0.1) is 0 Å². The summed E-state index contributed by atoms with van der Waals surface area (Å²) in [4.78, 5) is 2.54. The van der Waals surface area contributed by atoms with Crippen molar-refractivity contribution in [3.05, 3.63) is 0 Å². The molecule has 2 fully saturated rings. The lowest BCUT2D eigenvalue weighted by Gasteiger charge is -2.37. The zero-order valence-electron chi connectivity index (χ0n) is 11.3. The summed E-state index contributed by atoms with van der Waals surface area (Å²) in [5.41, 5.74) is 6.56. The van der Waals surface area contributed by atoms with Crippen molar-refractivity contribution in [2.45, 2.75) is 63.5 Å². The molecule has 2 aliphatic rings. The molecule has 0 radical (unpaired) electrons. The lowest BCUT2D eigenvalue weighted by atomic mass is 9.96. The predicted molar refractivity (Wildman–Crippen MR) is 71.1 cm³/mol. The predicted octanol–water partition coefficient (Wildman–Crippen LogP) is 2.15. The van der Waals surface area contributed by atoms with Gasteiger partial charge in [-0.3, -0.25) is 4.90 Å². The quantitative estimate of drug-likeness (QED) is 0.800. The first-order chi connectivity index (χ1) is 8.22. The lowest BCUT2D eigenvalue weighted by Crippen LogP contribution is -2.51. The number of ether oxygens (including phenoxy) is 1. The zero-order valence-corrected chi connectivity index (χ0v) is 11.3. The van der Waals surface area contributed by atoms with Gasteiger partial charge in [0.2, 0.25) is 0 Å². The molecule has 1 saturated carbocycles. The van der Waals surface area contributed by atoms with Gasteiger partial charge in [0.15, 0.2) is 0 Å². The van der Waals surface area contributed by atoms with E-state index in [4.69, 9.17) is 10.5 Å². The van der Waals surface area contributed by atoms with E-state index in [1.54, 1.807) is 0 Å². The summed E-state index contributed by atoms with van der Waals surface area (Å²) in [6.45, 7) is 6.48. The highest BCUT2D eigenvalue weighted by Crippen LogP contribution is 2.29. The highest BCUT2D eigenvalue weighted by Gasteiger charge is 2.33. The van der Waals surface area contributed by atoms with Crippen LogP contribution in [0.5, 0.6) is 0 Å². The summed E-state index contributed by atoms with van der Waals surface area (Å²) in [6.07, 6.45) is 9.14. The van der Waals surface area contributed by atoms with Crippen LogP contribution in [0.1, 0.15) is 51.9 Å². The van der Waals surface area contributed by atoms with Gasteiger partial charge in [-0.15, -0.1) is 0 Å². The van der Waals surface area contributed by atoms with Gasteiger partial charge in [-0.05, 0) is 38.6 Å². The van der Waals surface area contributed by atoms with Gasteiger partial charge in [0.25, 0.3) is 0 Å². The Morgan fingerprint density at radius 3 is 2.76 bits per heavy atom. The van der Waals surface area contributed by atoms with Crippen LogP contribution in [-0.4, -0.2) is 42.8 Å². The fourth-order valence-corrected chi connectivity index (χ4v) is 3.26. The summed E-state index contributed by atoms with van der Waals surface area (Å²) in [5, 5.41) is 0. The number of nitrogens with zero attached hydrogens (tertiary/aromatic N) is 1. The van der Waals surface area contributed by atoms with Crippen molar-refractivity contribution in [2.75, 3.05) is 26.2 Å². The molecule has 100 valence electrons. The van der Waals surface area contributed by atoms with Crippen LogP contribution in [0.4, 0.5) is 0 Å². The monoisotopic (exact) mass is 240 g/mol. The number of piperidine rings is 1. The molecule has 1 saturated heterocycles. The highest BCUT2D eigenvalue weighted by atomic mass is 16.5. The molecule has 3 heteroatoms. The first-order valence-corrected chi connectivity index (χ1v) is 7.35. The van der Waals surface area contributed by atoms with E-state index in [9.17, 15) is 0 Å². The van der Waals surface area contributed by atoms with Crippen molar-refractivity contribution >= 4 is 0 Å². The molecule has 3 nitrogen and oxygen atoms in total. The van der Waals surface area contributed by atoms with Crippen molar-refractivity contribution in [1.82, 2.24) is 4.90 Å². The summed E-state index contributed by atoms with van der Waals surface area (Å²) < 4.78 is 5.88. The lowest BCUT2D eigenvalue weighted by molar-refractivity contribution is -0.00523. The van der Waals surface area contributed by atoms with Crippen molar-refractivity contribution < 1.29 is 4.74 Å². The average molecular weight is 240 g/mol. The van der Waals surface area contributed by atoms with Crippen LogP contribution in [0.15, 0.2) is 0 Å². The third kappa shape index (κ3) is 3.94. The zero-order chi connectivity index (χ0) is 12.1. The number of hydrogen-bond donors (Lipinski definition) is 1. The SMILES string of the molecule is CCCOC1CCCN(CC2(N)CCCC2)C1. The molecule has 0 spiro atoms. The Bertz CT molecular complexity index is 226. The van der Waals surface area contributed by atoms with Gasteiger partial charge in [-0.25, -0.2) is 0 Å². The van der Waals surface area contributed by atoms with Crippen LogP contribution in [-0.2, 0) is 4.74 Å². The molecule has 0 amide bonds. The van der Waals surface area contributed by atoms with E-state index in [1.807, 2.05) is 0 Å². The number of rotatable bonds is 5. The fraction of sp³-hybridized carbons (Fsp3) is 1.00. The molecule has 2 rings (SSSR count). The number of nitrogens with two attached hydrogens (primary N) is 1. The van der Waals surface area contributed by atoms with Crippen LogP contribution in [0.2, 0.25) is 0 Å². The topological polar surface area (TPSA) is 38.5 Å². The summed E-state index contributed by atoms with van der Waals surface area (Å²) >= 11 is 0. The van der Waals surface area contributed by atoms with Crippen molar-refractivity contribution in [2.24, 2.45) is 5.73 Å². The van der Waals surface area contributed by atoms with Gasteiger partial charge in [0, 0.05) is 25.2 Å². The molecule has 0 aromatic carbocycles. The first kappa shape index (κ1) is 13.3. The Hall–Kier alpha value is -0.120. The Kier molecular flexibility index (Phi) is 4.83. The average Bonchev–Trinajstić information content (AvgIpc) is 2.73. The molecular weight excluding hydrogens is 212 g/mol. The normalized spacial score (nSPS) is 29.6. The standard InChI is InChI=1S/C14H28N2O/c1-2-10-17-13-6-5-9-16(11-13)12-14(15)7-3-4-8-14/h13H,2-12,15H2,1H3. The Balaban J connectivity index is 1.76. The molecule has 1 heterocycles. The second-order valence-corrected chi connectivity index (χ2v) is 5.94. The molecule has 17 heavy (non-hydrogen) atoms. The smallest absolute Gasteiger partial charge is 0.0702 e. The molecule has 0 aromatic heterocycles. The first-order valence-electron chi connectivity index (χ1n) is 7.35. The van der Waals surface area contributed by atoms with Crippen molar-refractivity contribution in [3.63, 3.8) is 0 Å². The Morgan fingerprint density at radius 1 is 1.29 bits per heavy atom. The van der Waals surface area contributed by atoms with Gasteiger partial charge < -0.3 is 10.5 Å². The van der Waals surface area contributed by atoms with E-state index in [-0.39, 0.29) is 5.54 Å². The van der Waals surface area contributed by atoms with E-state index in [2.05, 4.69) is 11.8 Å². The number of hydrogen-bond acceptors (Lipinski definition) is 3. The van der Waals surface area contributed by atoms with Crippen LogP contribution < -0.4 is 5.73 Å². The largest absolute Gasteiger partial charge is 0.377 e. The molecule has 1 aliphatic carbocycles. The van der Waals surface area contributed by atoms with Gasteiger partial charge in [0.05, 0.1) is 6.10 Å². The third-order valence-electron chi connectivity index (χ3n) is 4.16. The second kappa shape index (κ2) is 6.17. The minimum atomic E-state index is 0.104. The van der Waals surface area contributed by atoms with Crippen molar-refractivity contribution in [1.29, 1.82) is 0 Å². The van der Waals surface area contributed by atoms with E-state index < -0.39 is 0 Å². The van der Waals surface area contributed by atoms with E-state index in [1.165, 1.54) is 45.1 Å². The van der Waals surface area contributed by atoms with Crippen molar-refractivity contribution in [3.8, 4) is 0 Å². The Labute approximate surface area is 106 Å². The summed E-state index contributed by atoms with van der Waals surface area (Å²) in [7, 11) is 0. The molecule has 1 aliphatic heterocycles. The third-order valence-corrected chi connectivity index (χ3v) is 4.16. The minimum absolute atomic E-state index is 0.104. The maximum atomic E-state index is 6.45. The van der Waals surface area contributed by atoms with Crippen LogP contribution >= 0.6 is 0 Å². The summed E-state index contributed by atoms with van der Waals surface area (Å²) in [6, 6.07) is 0.